The van der Waals surface area contributed by atoms with Crippen LogP contribution in [-0.2, 0) is 6.18 Å². The lowest BCUT2D eigenvalue weighted by molar-refractivity contribution is -0.385. The highest BCUT2D eigenvalue weighted by Gasteiger charge is 2.33. The number of benzene rings is 2. The van der Waals surface area contributed by atoms with Gasteiger partial charge in [-0.25, -0.2) is 0 Å². The van der Waals surface area contributed by atoms with Crippen molar-refractivity contribution < 1.29 is 27.7 Å². The standard InChI is InChI=1S/C20H18F3N3O4/c1-13-4-2-7-16(17(13)26(29)30)19(28)25-10-8-24(9-11-25)18(27)14-5-3-6-15(12-14)20(21,22)23/h2-7,12H,8-11H2,1H3. The molecule has 1 saturated heterocycles. The fraction of sp³-hybridized carbons (Fsp3) is 0.300. The predicted octanol–water partition coefficient (Wildman–Crippen LogP) is 3.52. The third-order valence-electron chi connectivity index (χ3n) is 4.94. The maximum absolute atomic E-state index is 12.9. The Labute approximate surface area is 169 Å². The SMILES string of the molecule is Cc1cccc(C(=O)N2CCN(C(=O)c3cccc(C(F)(F)F)c3)CC2)c1[N+](=O)[O-]. The molecule has 0 atom stereocenters. The molecule has 1 fully saturated rings. The summed E-state index contributed by atoms with van der Waals surface area (Å²) in [6, 6.07) is 8.66. The second kappa shape index (κ2) is 8.13. The van der Waals surface area contributed by atoms with Gasteiger partial charge in [0.25, 0.3) is 17.5 Å². The average molecular weight is 421 g/mol. The first-order valence-electron chi connectivity index (χ1n) is 9.09. The summed E-state index contributed by atoms with van der Waals surface area (Å²) in [5.41, 5.74) is -0.917. The normalized spacial score (nSPS) is 14.5. The third-order valence-corrected chi connectivity index (χ3v) is 4.94. The van der Waals surface area contributed by atoms with Gasteiger partial charge in [0, 0.05) is 37.3 Å². The van der Waals surface area contributed by atoms with Gasteiger partial charge in [0.15, 0.2) is 0 Å². The van der Waals surface area contributed by atoms with E-state index >= 15 is 0 Å². The maximum Gasteiger partial charge on any atom is 0.416 e. The lowest BCUT2D eigenvalue weighted by Crippen LogP contribution is -2.50. The lowest BCUT2D eigenvalue weighted by atomic mass is 10.1. The van der Waals surface area contributed by atoms with Gasteiger partial charge in [0.05, 0.1) is 10.5 Å². The number of hydrogen-bond acceptors (Lipinski definition) is 4. The Morgan fingerprint density at radius 2 is 1.53 bits per heavy atom. The summed E-state index contributed by atoms with van der Waals surface area (Å²) in [5.74, 6) is -1.08. The molecular weight excluding hydrogens is 403 g/mol. The molecule has 0 aliphatic carbocycles. The average Bonchev–Trinajstić information content (AvgIpc) is 2.72. The molecule has 0 spiro atoms. The van der Waals surface area contributed by atoms with Gasteiger partial charge in [0.1, 0.15) is 5.56 Å². The van der Waals surface area contributed by atoms with Gasteiger partial charge < -0.3 is 9.80 Å². The number of rotatable bonds is 3. The molecular formula is C20H18F3N3O4. The first-order chi connectivity index (χ1) is 14.1. The van der Waals surface area contributed by atoms with E-state index in [1.165, 1.54) is 28.0 Å². The Balaban J connectivity index is 1.71. The van der Waals surface area contributed by atoms with Crippen LogP contribution in [0, 0.1) is 17.0 Å². The molecule has 2 aromatic carbocycles. The summed E-state index contributed by atoms with van der Waals surface area (Å²) >= 11 is 0. The van der Waals surface area contributed by atoms with Crippen LogP contribution in [0.3, 0.4) is 0 Å². The van der Waals surface area contributed by atoms with Crippen molar-refractivity contribution in [2.45, 2.75) is 13.1 Å². The number of carbonyl (C=O) groups excluding carboxylic acids is 2. The monoisotopic (exact) mass is 421 g/mol. The molecule has 0 bridgehead atoms. The van der Waals surface area contributed by atoms with Crippen LogP contribution in [0.15, 0.2) is 42.5 Å². The molecule has 158 valence electrons. The lowest BCUT2D eigenvalue weighted by Gasteiger charge is -2.35. The molecule has 0 aromatic heterocycles. The molecule has 2 aromatic rings. The maximum atomic E-state index is 12.9. The van der Waals surface area contributed by atoms with E-state index < -0.39 is 28.5 Å². The zero-order valence-corrected chi connectivity index (χ0v) is 16.0. The molecule has 0 N–H and O–H groups in total. The zero-order chi connectivity index (χ0) is 22.1. The highest BCUT2D eigenvalue weighted by molar-refractivity contribution is 5.99. The van der Waals surface area contributed by atoms with Crippen molar-refractivity contribution in [3.05, 3.63) is 74.8 Å². The number of alkyl halides is 3. The smallest absolute Gasteiger partial charge is 0.335 e. The molecule has 1 heterocycles. The number of para-hydroxylation sites is 1. The Morgan fingerprint density at radius 1 is 0.967 bits per heavy atom. The van der Waals surface area contributed by atoms with E-state index in [0.717, 1.165) is 12.1 Å². The van der Waals surface area contributed by atoms with Crippen molar-refractivity contribution in [3.8, 4) is 0 Å². The number of nitro groups is 1. The summed E-state index contributed by atoms with van der Waals surface area (Å²) in [6.07, 6.45) is -4.55. The van der Waals surface area contributed by atoms with E-state index in [1.54, 1.807) is 19.1 Å². The molecule has 0 saturated carbocycles. The first kappa shape index (κ1) is 21.3. The van der Waals surface area contributed by atoms with E-state index in [9.17, 15) is 32.9 Å². The fourth-order valence-electron chi connectivity index (χ4n) is 3.37. The van der Waals surface area contributed by atoms with E-state index in [4.69, 9.17) is 0 Å². The van der Waals surface area contributed by atoms with E-state index in [0.29, 0.717) is 5.56 Å². The van der Waals surface area contributed by atoms with Crippen LogP contribution in [0.2, 0.25) is 0 Å². The Bertz CT molecular complexity index is 999. The van der Waals surface area contributed by atoms with Crippen LogP contribution < -0.4 is 0 Å². The Hall–Kier alpha value is -3.43. The number of hydrogen-bond donors (Lipinski definition) is 0. The summed E-state index contributed by atoms with van der Waals surface area (Å²) in [6.45, 7) is 2.00. The largest absolute Gasteiger partial charge is 0.416 e. The second-order valence-corrected chi connectivity index (χ2v) is 6.89. The van der Waals surface area contributed by atoms with E-state index in [-0.39, 0.29) is 43.0 Å². The van der Waals surface area contributed by atoms with Gasteiger partial charge in [-0.3, -0.25) is 19.7 Å². The number of aryl methyl sites for hydroxylation is 1. The molecule has 2 amide bonds. The Kier molecular flexibility index (Phi) is 5.77. The highest BCUT2D eigenvalue weighted by atomic mass is 19.4. The zero-order valence-electron chi connectivity index (χ0n) is 16.0. The minimum Gasteiger partial charge on any atom is -0.335 e. The van der Waals surface area contributed by atoms with Crippen LogP contribution in [0.1, 0.15) is 31.8 Å². The van der Waals surface area contributed by atoms with Crippen LogP contribution in [-0.4, -0.2) is 52.7 Å². The molecule has 1 aliphatic heterocycles. The topological polar surface area (TPSA) is 83.8 Å². The first-order valence-corrected chi connectivity index (χ1v) is 9.09. The van der Waals surface area contributed by atoms with Gasteiger partial charge in [-0.15, -0.1) is 0 Å². The number of carbonyl (C=O) groups is 2. The molecule has 3 rings (SSSR count). The van der Waals surface area contributed by atoms with Crippen molar-refractivity contribution in [1.82, 2.24) is 9.80 Å². The van der Waals surface area contributed by atoms with Crippen LogP contribution in [0.25, 0.3) is 0 Å². The number of piperazine rings is 1. The van der Waals surface area contributed by atoms with Crippen molar-refractivity contribution in [3.63, 3.8) is 0 Å². The fourth-order valence-corrected chi connectivity index (χ4v) is 3.37. The summed E-state index contributed by atoms with van der Waals surface area (Å²) in [4.78, 5) is 38.8. The van der Waals surface area contributed by atoms with Gasteiger partial charge in [0.2, 0.25) is 0 Å². The minimum absolute atomic E-state index is 0.0299. The van der Waals surface area contributed by atoms with E-state index in [2.05, 4.69) is 0 Å². The summed E-state index contributed by atoms with van der Waals surface area (Å²) < 4.78 is 38.6. The molecule has 30 heavy (non-hydrogen) atoms. The van der Waals surface area contributed by atoms with Gasteiger partial charge in [-0.2, -0.15) is 13.2 Å². The molecule has 10 heteroatoms. The minimum atomic E-state index is -4.55. The van der Waals surface area contributed by atoms with Gasteiger partial charge in [-0.05, 0) is 31.2 Å². The van der Waals surface area contributed by atoms with Crippen LogP contribution >= 0.6 is 0 Å². The van der Waals surface area contributed by atoms with Crippen molar-refractivity contribution in [2.24, 2.45) is 0 Å². The number of halogens is 3. The summed E-state index contributed by atoms with van der Waals surface area (Å²) in [7, 11) is 0. The molecule has 0 radical (unpaired) electrons. The van der Waals surface area contributed by atoms with E-state index in [1.807, 2.05) is 0 Å². The quantitative estimate of drug-likeness (QED) is 0.561. The second-order valence-electron chi connectivity index (χ2n) is 6.89. The van der Waals surface area contributed by atoms with Crippen molar-refractivity contribution in [1.29, 1.82) is 0 Å². The number of nitro benzene ring substituents is 1. The molecule has 7 nitrogen and oxygen atoms in total. The van der Waals surface area contributed by atoms with Gasteiger partial charge in [-0.1, -0.05) is 18.2 Å². The molecule has 0 unspecified atom stereocenters. The highest BCUT2D eigenvalue weighted by Crippen LogP contribution is 2.30. The van der Waals surface area contributed by atoms with Crippen LogP contribution in [0.4, 0.5) is 18.9 Å². The van der Waals surface area contributed by atoms with Crippen LogP contribution in [0.5, 0.6) is 0 Å². The van der Waals surface area contributed by atoms with Gasteiger partial charge >= 0.3 is 6.18 Å². The third kappa shape index (κ3) is 4.27. The summed E-state index contributed by atoms with van der Waals surface area (Å²) in [5, 5.41) is 11.3. The van der Waals surface area contributed by atoms with Crippen molar-refractivity contribution in [2.75, 3.05) is 26.2 Å². The molecule has 1 aliphatic rings. The number of nitrogens with zero attached hydrogens (tertiary/aromatic N) is 3. The number of amides is 2. The van der Waals surface area contributed by atoms with Crippen molar-refractivity contribution >= 4 is 17.5 Å². The predicted molar refractivity (Wildman–Crippen MR) is 101 cm³/mol. The Morgan fingerprint density at radius 3 is 2.10 bits per heavy atom.